The van der Waals surface area contributed by atoms with E-state index < -0.39 is 5.54 Å². The molecule has 0 spiro atoms. The zero-order valence-electron chi connectivity index (χ0n) is 8.76. The van der Waals surface area contributed by atoms with Crippen LogP contribution in [-0.2, 0) is 0 Å². The van der Waals surface area contributed by atoms with Crippen LogP contribution in [0.25, 0.3) is 0 Å². The molecule has 3 N–H and O–H groups in total. The molecule has 0 aliphatic carbocycles. The molecule has 14 heavy (non-hydrogen) atoms. The summed E-state index contributed by atoms with van der Waals surface area (Å²) in [5.74, 6) is 0.0950. The molecule has 1 aromatic heterocycles. The highest BCUT2D eigenvalue weighted by Gasteiger charge is 2.20. The van der Waals surface area contributed by atoms with Crippen LogP contribution in [0, 0.1) is 6.92 Å². The number of rotatable bonds is 3. The Bertz CT molecular complexity index is 329. The summed E-state index contributed by atoms with van der Waals surface area (Å²) < 4.78 is 5.06. The van der Waals surface area contributed by atoms with Gasteiger partial charge in [0.25, 0.3) is 5.91 Å². The van der Waals surface area contributed by atoms with Gasteiger partial charge in [-0.1, -0.05) is 0 Å². The van der Waals surface area contributed by atoms with Gasteiger partial charge in [0.15, 0.2) is 5.76 Å². The first-order chi connectivity index (χ1) is 6.44. The van der Waals surface area contributed by atoms with Crippen LogP contribution in [-0.4, -0.2) is 18.0 Å². The minimum absolute atomic E-state index is 0.228. The molecule has 0 saturated heterocycles. The van der Waals surface area contributed by atoms with Crippen molar-refractivity contribution in [2.24, 2.45) is 5.73 Å². The van der Waals surface area contributed by atoms with Crippen LogP contribution in [0.4, 0.5) is 0 Å². The smallest absolute Gasteiger partial charge is 0.287 e. The van der Waals surface area contributed by atoms with E-state index in [0.29, 0.717) is 12.3 Å². The van der Waals surface area contributed by atoms with Gasteiger partial charge in [-0.05, 0) is 32.4 Å². The molecule has 1 heterocycles. The van der Waals surface area contributed by atoms with Gasteiger partial charge in [-0.25, -0.2) is 0 Å². The summed E-state index contributed by atoms with van der Waals surface area (Å²) in [7, 11) is 0. The average Bonchev–Trinajstić information content (AvgIpc) is 2.51. The summed E-state index contributed by atoms with van der Waals surface area (Å²) in [4.78, 5) is 11.6. The van der Waals surface area contributed by atoms with Crippen molar-refractivity contribution in [3.63, 3.8) is 0 Å². The number of amides is 1. The van der Waals surface area contributed by atoms with Gasteiger partial charge in [-0.3, -0.25) is 4.79 Å². The Morgan fingerprint density at radius 3 is 2.71 bits per heavy atom. The summed E-state index contributed by atoms with van der Waals surface area (Å²) >= 11 is 0. The first-order valence-corrected chi connectivity index (χ1v) is 4.52. The summed E-state index contributed by atoms with van der Waals surface area (Å²) in [6.07, 6.45) is 1.55. The molecule has 78 valence electrons. The molecule has 0 atom stereocenters. The lowest BCUT2D eigenvalue weighted by Gasteiger charge is -2.23. The second-order valence-electron chi connectivity index (χ2n) is 4.03. The zero-order chi connectivity index (χ0) is 10.8. The molecule has 1 aromatic rings. The Morgan fingerprint density at radius 1 is 1.64 bits per heavy atom. The van der Waals surface area contributed by atoms with E-state index in [4.69, 9.17) is 10.2 Å². The van der Waals surface area contributed by atoms with Crippen LogP contribution < -0.4 is 11.1 Å². The SMILES string of the molecule is Cc1coc(C(=O)NC(C)(C)CN)c1. The van der Waals surface area contributed by atoms with Gasteiger partial charge < -0.3 is 15.5 Å². The fraction of sp³-hybridized carbons (Fsp3) is 0.500. The van der Waals surface area contributed by atoms with Crippen LogP contribution in [0.15, 0.2) is 16.7 Å². The fourth-order valence-corrected chi connectivity index (χ4v) is 0.970. The average molecular weight is 196 g/mol. The zero-order valence-corrected chi connectivity index (χ0v) is 8.76. The van der Waals surface area contributed by atoms with Gasteiger partial charge in [-0.15, -0.1) is 0 Å². The van der Waals surface area contributed by atoms with E-state index in [2.05, 4.69) is 5.32 Å². The molecule has 0 saturated carbocycles. The molecule has 0 unspecified atom stereocenters. The molecule has 0 bridgehead atoms. The number of carbonyl (C=O) groups is 1. The number of hydrogen-bond acceptors (Lipinski definition) is 3. The van der Waals surface area contributed by atoms with E-state index in [-0.39, 0.29) is 5.91 Å². The van der Waals surface area contributed by atoms with Crippen LogP contribution in [0.2, 0.25) is 0 Å². The van der Waals surface area contributed by atoms with E-state index >= 15 is 0 Å². The molecule has 1 amide bonds. The lowest BCUT2D eigenvalue weighted by Crippen LogP contribution is -2.48. The maximum atomic E-state index is 11.6. The van der Waals surface area contributed by atoms with Crippen molar-refractivity contribution >= 4 is 5.91 Å². The molecular formula is C10H16N2O2. The number of nitrogens with one attached hydrogen (secondary N) is 1. The summed E-state index contributed by atoms with van der Waals surface area (Å²) in [5, 5.41) is 2.78. The van der Waals surface area contributed by atoms with E-state index in [1.54, 1.807) is 12.3 Å². The molecule has 4 heteroatoms. The predicted octanol–water partition coefficient (Wildman–Crippen LogP) is 1.06. The van der Waals surface area contributed by atoms with Crippen molar-refractivity contribution in [2.45, 2.75) is 26.3 Å². The molecule has 0 fully saturated rings. The molecule has 0 aliphatic rings. The summed E-state index contributed by atoms with van der Waals surface area (Å²) in [6, 6.07) is 1.70. The molecular weight excluding hydrogens is 180 g/mol. The Balaban J connectivity index is 2.68. The Morgan fingerprint density at radius 2 is 2.29 bits per heavy atom. The first-order valence-electron chi connectivity index (χ1n) is 4.52. The molecule has 0 aliphatic heterocycles. The number of nitrogens with two attached hydrogens (primary N) is 1. The number of aryl methyl sites for hydroxylation is 1. The highest BCUT2D eigenvalue weighted by Crippen LogP contribution is 2.08. The van der Waals surface area contributed by atoms with Gasteiger partial charge in [0, 0.05) is 12.1 Å². The number of furan rings is 1. The third kappa shape index (κ3) is 2.60. The van der Waals surface area contributed by atoms with Crippen molar-refractivity contribution < 1.29 is 9.21 Å². The van der Waals surface area contributed by atoms with Gasteiger partial charge in [0.2, 0.25) is 0 Å². The topological polar surface area (TPSA) is 68.3 Å². The van der Waals surface area contributed by atoms with Crippen molar-refractivity contribution in [3.8, 4) is 0 Å². The van der Waals surface area contributed by atoms with E-state index in [0.717, 1.165) is 5.56 Å². The Kier molecular flexibility index (Phi) is 2.96. The van der Waals surface area contributed by atoms with Crippen LogP contribution in [0.5, 0.6) is 0 Å². The normalized spacial score (nSPS) is 11.4. The standard InChI is InChI=1S/C10H16N2O2/c1-7-4-8(14-5-7)9(13)12-10(2,3)6-11/h4-5H,6,11H2,1-3H3,(H,12,13). The highest BCUT2D eigenvalue weighted by atomic mass is 16.3. The van der Waals surface area contributed by atoms with Gasteiger partial charge in [0.05, 0.1) is 6.26 Å². The summed E-state index contributed by atoms with van der Waals surface area (Å²) in [5.41, 5.74) is 6.02. The van der Waals surface area contributed by atoms with Crippen LogP contribution in [0.3, 0.4) is 0 Å². The van der Waals surface area contributed by atoms with Crippen molar-refractivity contribution in [2.75, 3.05) is 6.54 Å². The van der Waals surface area contributed by atoms with Crippen LogP contribution >= 0.6 is 0 Å². The van der Waals surface area contributed by atoms with Crippen molar-refractivity contribution in [3.05, 3.63) is 23.7 Å². The lowest BCUT2D eigenvalue weighted by atomic mass is 10.1. The summed E-state index contributed by atoms with van der Waals surface area (Å²) in [6.45, 7) is 5.98. The second kappa shape index (κ2) is 3.84. The van der Waals surface area contributed by atoms with E-state index in [1.807, 2.05) is 20.8 Å². The molecule has 1 rings (SSSR count). The highest BCUT2D eigenvalue weighted by molar-refractivity contribution is 5.92. The maximum absolute atomic E-state index is 11.6. The van der Waals surface area contributed by atoms with Crippen molar-refractivity contribution in [1.82, 2.24) is 5.32 Å². The van der Waals surface area contributed by atoms with Gasteiger partial charge in [-0.2, -0.15) is 0 Å². The lowest BCUT2D eigenvalue weighted by molar-refractivity contribution is 0.0887. The number of hydrogen-bond donors (Lipinski definition) is 2. The van der Waals surface area contributed by atoms with E-state index in [1.165, 1.54) is 0 Å². The largest absolute Gasteiger partial charge is 0.459 e. The third-order valence-corrected chi connectivity index (χ3v) is 1.92. The predicted molar refractivity (Wildman–Crippen MR) is 54.0 cm³/mol. The Hall–Kier alpha value is -1.29. The fourth-order valence-electron chi connectivity index (χ4n) is 0.970. The van der Waals surface area contributed by atoms with E-state index in [9.17, 15) is 4.79 Å². The minimum atomic E-state index is -0.405. The van der Waals surface area contributed by atoms with Crippen molar-refractivity contribution in [1.29, 1.82) is 0 Å². The first kappa shape index (κ1) is 10.8. The monoisotopic (exact) mass is 196 g/mol. The van der Waals surface area contributed by atoms with Gasteiger partial charge >= 0.3 is 0 Å². The minimum Gasteiger partial charge on any atom is -0.459 e. The molecule has 0 radical (unpaired) electrons. The Labute approximate surface area is 83.5 Å². The molecule has 4 nitrogen and oxygen atoms in total. The van der Waals surface area contributed by atoms with Gasteiger partial charge in [0.1, 0.15) is 0 Å². The quantitative estimate of drug-likeness (QED) is 0.759. The third-order valence-electron chi connectivity index (χ3n) is 1.92. The maximum Gasteiger partial charge on any atom is 0.287 e. The second-order valence-corrected chi connectivity index (χ2v) is 4.03. The number of carbonyl (C=O) groups excluding carboxylic acids is 1. The van der Waals surface area contributed by atoms with Crippen LogP contribution in [0.1, 0.15) is 30.0 Å². The molecule has 0 aromatic carbocycles.